The Hall–Kier alpha value is -4.87. The number of hydrogen-bond donors (Lipinski definition) is 0. The third-order valence-electron chi connectivity index (χ3n) is 9.01. The molecular formula is C44H38Si2. The molecule has 0 unspecified atom stereocenters. The fourth-order valence-electron chi connectivity index (χ4n) is 6.24. The first-order chi connectivity index (χ1) is 22.0. The van der Waals surface area contributed by atoms with E-state index in [0.717, 1.165) is 43.8 Å². The Bertz CT molecular complexity index is 2140. The van der Waals surface area contributed by atoms with Gasteiger partial charge in [0.05, 0.1) is 16.1 Å². The Labute approximate surface area is 275 Å². The Morgan fingerprint density at radius 2 is 0.630 bits per heavy atom. The van der Waals surface area contributed by atoms with Gasteiger partial charge in [0.1, 0.15) is 0 Å². The zero-order valence-corrected chi connectivity index (χ0v) is 29.5. The highest BCUT2D eigenvalue weighted by atomic mass is 28.3. The molecule has 0 aliphatic heterocycles. The first-order valence-electron chi connectivity index (χ1n) is 16.1. The molecule has 0 aliphatic carbocycles. The van der Waals surface area contributed by atoms with E-state index in [1.165, 1.54) is 31.9 Å². The maximum absolute atomic E-state index is 3.67. The minimum Gasteiger partial charge on any atom is -0.0656 e. The molecule has 0 saturated heterocycles. The van der Waals surface area contributed by atoms with Crippen LogP contribution in [0.2, 0.25) is 39.3 Å². The molecule has 0 aliphatic rings. The maximum atomic E-state index is 3.67. The van der Waals surface area contributed by atoms with Crippen molar-refractivity contribution in [3.8, 4) is 23.7 Å². The highest BCUT2D eigenvalue weighted by molar-refractivity contribution is 6.89. The summed E-state index contributed by atoms with van der Waals surface area (Å²) in [6, 6.07) is 44.3. The second-order valence-corrected chi connectivity index (χ2v) is 24.5. The third-order valence-corrected chi connectivity index (χ3v) is 13.1. The molecule has 0 amide bonds. The number of hydrogen-bond acceptors (Lipinski definition) is 0. The molecule has 222 valence electrons. The minimum absolute atomic E-state index is 1.04. The molecule has 0 atom stereocenters. The van der Waals surface area contributed by atoms with Crippen LogP contribution in [0.3, 0.4) is 0 Å². The van der Waals surface area contributed by atoms with Crippen molar-refractivity contribution in [2.75, 3.05) is 0 Å². The predicted molar refractivity (Wildman–Crippen MR) is 207 cm³/mol. The van der Waals surface area contributed by atoms with Crippen molar-refractivity contribution in [1.82, 2.24) is 0 Å². The zero-order chi connectivity index (χ0) is 32.1. The SMILES string of the molecule is C[Si](C)(C)c1ccc(C#Cc2c3cc4ccccc4cc3c(C#Cc3ccc([Si](C)(C)C)cc3)c3cc4ccccc4cc23)cc1. The lowest BCUT2D eigenvalue weighted by Gasteiger charge is -2.16. The maximum Gasteiger partial charge on any atom is 0.0775 e. The van der Waals surface area contributed by atoms with Gasteiger partial charge in [-0.15, -0.1) is 0 Å². The van der Waals surface area contributed by atoms with E-state index in [1.807, 2.05) is 0 Å². The van der Waals surface area contributed by atoms with Crippen molar-refractivity contribution in [1.29, 1.82) is 0 Å². The molecule has 0 fully saturated rings. The van der Waals surface area contributed by atoms with Gasteiger partial charge in [-0.1, -0.05) is 146 Å². The van der Waals surface area contributed by atoms with Crippen molar-refractivity contribution in [3.63, 3.8) is 0 Å². The minimum atomic E-state index is -1.38. The van der Waals surface area contributed by atoms with E-state index in [1.54, 1.807) is 0 Å². The molecule has 0 aromatic heterocycles. The van der Waals surface area contributed by atoms with Crippen molar-refractivity contribution in [3.05, 3.63) is 144 Å². The lowest BCUT2D eigenvalue weighted by Crippen LogP contribution is -2.37. The normalized spacial score (nSPS) is 11.8. The quantitative estimate of drug-likeness (QED) is 0.102. The van der Waals surface area contributed by atoms with E-state index in [-0.39, 0.29) is 0 Å². The average Bonchev–Trinajstić information content (AvgIpc) is 3.04. The zero-order valence-electron chi connectivity index (χ0n) is 27.5. The summed E-state index contributed by atoms with van der Waals surface area (Å²) in [6.07, 6.45) is 0. The van der Waals surface area contributed by atoms with E-state index in [0.29, 0.717) is 0 Å². The van der Waals surface area contributed by atoms with Gasteiger partial charge >= 0.3 is 0 Å². The summed E-state index contributed by atoms with van der Waals surface area (Å²) in [6.45, 7) is 14.3. The summed E-state index contributed by atoms with van der Waals surface area (Å²) >= 11 is 0. The van der Waals surface area contributed by atoms with Crippen molar-refractivity contribution in [2.45, 2.75) is 39.3 Å². The van der Waals surface area contributed by atoms with Crippen LogP contribution in [-0.4, -0.2) is 16.1 Å². The smallest absolute Gasteiger partial charge is 0.0656 e. The molecule has 0 N–H and O–H groups in total. The Morgan fingerprint density at radius 1 is 0.348 bits per heavy atom. The van der Waals surface area contributed by atoms with Crippen LogP contribution >= 0.6 is 0 Å². The van der Waals surface area contributed by atoms with Crippen LogP contribution in [0, 0.1) is 23.7 Å². The summed E-state index contributed by atoms with van der Waals surface area (Å²) in [5.74, 6) is 14.4. The highest BCUT2D eigenvalue weighted by Crippen LogP contribution is 2.37. The van der Waals surface area contributed by atoms with E-state index in [4.69, 9.17) is 0 Å². The molecule has 7 aromatic rings. The summed E-state index contributed by atoms with van der Waals surface area (Å²) in [4.78, 5) is 0. The van der Waals surface area contributed by atoms with Crippen LogP contribution in [0.15, 0.2) is 121 Å². The van der Waals surface area contributed by atoms with Gasteiger partial charge in [-0.05, 0) is 91.6 Å². The topological polar surface area (TPSA) is 0 Å². The standard InChI is InChI=1S/C44H38Si2/c1-45(2,3)37-21-15-31(16-22-37)19-25-39-41-27-33-11-7-9-13-35(33)29-43(41)40(26-20-32-17-23-38(24-18-32)46(4,5)6)44-30-36-14-10-8-12-34(36)28-42(39)44/h7-18,21-24,27-30H,1-6H3. The molecule has 0 nitrogen and oxygen atoms in total. The molecular weight excluding hydrogens is 585 g/mol. The van der Waals surface area contributed by atoms with Crippen LogP contribution in [-0.2, 0) is 0 Å². The monoisotopic (exact) mass is 622 g/mol. The Kier molecular flexibility index (Phi) is 7.45. The molecule has 0 radical (unpaired) electrons. The molecule has 0 heterocycles. The molecule has 7 rings (SSSR count). The second-order valence-electron chi connectivity index (χ2n) is 14.4. The summed E-state index contributed by atoms with van der Waals surface area (Å²) in [5, 5.41) is 12.3. The van der Waals surface area contributed by atoms with Gasteiger partial charge in [0.2, 0.25) is 0 Å². The number of rotatable bonds is 2. The van der Waals surface area contributed by atoms with Crippen LogP contribution in [0.5, 0.6) is 0 Å². The van der Waals surface area contributed by atoms with Crippen LogP contribution in [0.4, 0.5) is 0 Å². The van der Waals surface area contributed by atoms with Gasteiger partial charge < -0.3 is 0 Å². The van der Waals surface area contributed by atoms with Gasteiger partial charge in [0.25, 0.3) is 0 Å². The van der Waals surface area contributed by atoms with Crippen LogP contribution < -0.4 is 10.4 Å². The summed E-state index contributed by atoms with van der Waals surface area (Å²) in [7, 11) is -2.75. The van der Waals surface area contributed by atoms with E-state index >= 15 is 0 Å². The van der Waals surface area contributed by atoms with Crippen molar-refractivity contribution in [2.24, 2.45) is 0 Å². The Balaban J connectivity index is 1.52. The lowest BCUT2D eigenvalue weighted by molar-refractivity contribution is 1.63. The lowest BCUT2D eigenvalue weighted by atomic mass is 9.88. The molecule has 7 aromatic carbocycles. The van der Waals surface area contributed by atoms with Crippen LogP contribution in [0.1, 0.15) is 22.3 Å². The first kappa shape index (κ1) is 29.8. The fourth-order valence-corrected chi connectivity index (χ4v) is 8.58. The Morgan fingerprint density at radius 3 is 0.891 bits per heavy atom. The molecule has 46 heavy (non-hydrogen) atoms. The molecule has 0 bridgehead atoms. The van der Waals surface area contributed by atoms with E-state index < -0.39 is 16.1 Å². The van der Waals surface area contributed by atoms with Gasteiger partial charge in [0, 0.05) is 22.3 Å². The van der Waals surface area contributed by atoms with Gasteiger partial charge in [0.15, 0.2) is 0 Å². The summed E-state index contributed by atoms with van der Waals surface area (Å²) < 4.78 is 0. The molecule has 0 saturated carbocycles. The average molecular weight is 623 g/mol. The highest BCUT2D eigenvalue weighted by Gasteiger charge is 2.17. The second kappa shape index (κ2) is 11.5. The first-order valence-corrected chi connectivity index (χ1v) is 23.1. The fraction of sp³-hybridized carbons (Fsp3) is 0.136. The van der Waals surface area contributed by atoms with Crippen molar-refractivity contribution >= 4 is 69.6 Å². The predicted octanol–water partition coefficient (Wildman–Crippen LogP) is 10.2. The third kappa shape index (κ3) is 5.79. The van der Waals surface area contributed by atoms with E-state index in [2.05, 4.69) is 184 Å². The van der Waals surface area contributed by atoms with Crippen molar-refractivity contribution < 1.29 is 0 Å². The van der Waals surface area contributed by atoms with Gasteiger partial charge in [-0.3, -0.25) is 0 Å². The van der Waals surface area contributed by atoms with Gasteiger partial charge in [-0.25, -0.2) is 0 Å². The largest absolute Gasteiger partial charge is 0.0775 e. The number of benzene rings is 7. The summed E-state index contributed by atoms with van der Waals surface area (Å²) in [5.41, 5.74) is 4.19. The van der Waals surface area contributed by atoms with Crippen LogP contribution in [0.25, 0.3) is 43.1 Å². The molecule has 2 heteroatoms. The molecule has 0 spiro atoms. The number of fused-ring (bicyclic) bond motifs is 4. The van der Waals surface area contributed by atoms with E-state index in [9.17, 15) is 0 Å². The van der Waals surface area contributed by atoms with Gasteiger partial charge in [-0.2, -0.15) is 0 Å².